The normalized spacial score (nSPS) is 16.7. The summed E-state index contributed by atoms with van der Waals surface area (Å²) >= 11 is 0. The predicted molar refractivity (Wildman–Crippen MR) is 79.4 cm³/mol. The fourth-order valence-corrected chi connectivity index (χ4v) is 3.11. The smallest absolute Gasteiger partial charge is 0.312 e. The molecule has 1 aromatic heterocycles. The van der Waals surface area contributed by atoms with Gasteiger partial charge in [-0.05, 0) is 26.7 Å². The highest BCUT2D eigenvalue weighted by atomic mass is 16.6. The van der Waals surface area contributed by atoms with Crippen LogP contribution in [0.15, 0.2) is 0 Å². The standard InChI is InChI=1S/C14H22N4O4/c1-10-13(18(21)22)11(2)17(16-10)8-5-12(20)15-14(9-19)6-3-4-7-14/h19H,3-9H2,1-2H3,(H,15,20). The lowest BCUT2D eigenvalue weighted by atomic mass is 9.99. The van der Waals surface area contributed by atoms with Gasteiger partial charge in [-0.15, -0.1) is 0 Å². The number of amides is 1. The van der Waals surface area contributed by atoms with Crippen molar-refractivity contribution >= 4 is 11.6 Å². The van der Waals surface area contributed by atoms with Gasteiger partial charge in [-0.2, -0.15) is 5.10 Å². The summed E-state index contributed by atoms with van der Waals surface area (Å²) in [6, 6.07) is 0. The Bertz CT molecular complexity index is 576. The molecule has 0 aromatic carbocycles. The van der Waals surface area contributed by atoms with Crippen molar-refractivity contribution < 1.29 is 14.8 Å². The number of hydrogen-bond donors (Lipinski definition) is 2. The molecule has 0 unspecified atom stereocenters. The van der Waals surface area contributed by atoms with Crippen LogP contribution >= 0.6 is 0 Å². The molecule has 2 rings (SSSR count). The molecule has 1 aliphatic carbocycles. The Morgan fingerprint density at radius 1 is 1.45 bits per heavy atom. The van der Waals surface area contributed by atoms with E-state index in [-0.39, 0.29) is 31.2 Å². The maximum absolute atomic E-state index is 12.1. The maximum atomic E-state index is 12.1. The number of carbonyl (C=O) groups excluding carboxylic acids is 1. The van der Waals surface area contributed by atoms with Crippen LogP contribution in [0.4, 0.5) is 5.69 Å². The van der Waals surface area contributed by atoms with Gasteiger partial charge in [0.1, 0.15) is 11.4 Å². The number of nitro groups is 1. The van der Waals surface area contributed by atoms with Gasteiger partial charge in [-0.3, -0.25) is 19.6 Å². The zero-order valence-electron chi connectivity index (χ0n) is 13.0. The summed E-state index contributed by atoms with van der Waals surface area (Å²) < 4.78 is 1.49. The first kappa shape index (κ1) is 16.4. The molecule has 8 nitrogen and oxygen atoms in total. The Kier molecular flexibility index (Phi) is 4.80. The SMILES string of the molecule is Cc1nn(CCC(=O)NC2(CO)CCCC2)c(C)c1[N+](=O)[O-]. The van der Waals surface area contributed by atoms with Crippen LogP contribution in [0.5, 0.6) is 0 Å². The highest BCUT2D eigenvalue weighted by Gasteiger charge is 2.34. The van der Waals surface area contributed by atoms with E-state index in [4.69, 9.17) is 0 Å². The fourth-order valence-electron chi connectivity index (χ4n) is 3.11. The molecule has 2 N–H and O–H groups in total. The molecule has 1 saturated carbocycles. The van der Waals surface area contributed by atoms with Crippen molar-refractivity contribution in [3.63, 3.8) is 0 Å². The second kappa shape index (κ2) is 6.43. The fraction of sp³-hybridized carbons (Fsp3) is 0.714. The zero-order chi connectivity index (χ0) is 16.3. The van der Waals surface area contributed by atoms with Crippen LogP contribution in [0.1, 0.15) is 43.5 Å². The molecule has 22 heavy (non-hydrogen) atoms. The van der Waals surface area contributed by atoms with Gasteiger partial charge < -0.3 is 10.4 Å². The van der Waals surface area contributed by atoms with Gasteiger partial charge in [0.2, 0.25) is 5.91 Å². The monoisotopic (exact) mass is 310 g/mol. The Hall–Kier alpha value is -1.96. The van der Waals surface area contributed by atoms with E-state index in [1.54, 1.807) is 13.8 Å². The Morgan fingerprint density at radius 2 is 2.09 bits per heavy atom. The van der Waals surface area contributed by atoms with Gasteiger partial charge in [-0.25, -0.2) is 0 Å². The van der Waals surface area contributed by atoms with E-state index in [1.807, 2.05) is 0 Å². The third-order valence-electron chi connectivity index (χ3n) is 4.34. The molecule has 0 saturated heterocycles. The number of nitrogens with zero attached hydrogens (tertiary/aromatic N) is 3. The van der Waals surface area contributed by atoms with Crippen molar-refractivity contribution in [2.45, 2.75) is 58.0 Å². The molecule has 1 fully saturated rings. The molecule has 1 heterocycles. The van der Waals surface area contributed by atoms with Crippen LogP contribution in [0, 0.1) is 24.0 Å². The number of nitrogens with one attached hydrogen (secondary N) is 1. The minimum Gasteiger partial charge on any atom is -0.394 e. The summed E-state index contributed by atoms with van der Waals surface area (Å²) in [5, 5.41) is 27.5. The lowest BCUT2D eigenvalue weighted by Crippen LogP contribution is -2.49. The average Bonchev–Trinajstić information content (AvgIpc) is 3.02. The van der Waals surface area contributed by atoms with Gasteiger partial charge in [-0.1, -0.05) is 12.8 Å². The van der Waals surface area contributed by atoms with Crippen molar-refractivity contribution in [3.05, 3.63) is 21.5 Å². The number of aryl methyl sites for hydroxylation is 2. The summed E-state index contributed by atoms with van der Waals surface area (Å²) in [7, 11) is 0. The van der Waals surface area contributed by atoms with Gasteiger partial charge in [0, 0.05) is 6.42 Å². The maximum Gasteiger partial charge on any atom is 0.312 e. The van der Waals surface area contributed by atoms with Crippen molar-refractivity contribution in [1.82, 2.24) is 15.1 Å². The number of hydrogen-bond acceptors (Lipinski definition) is 5. The lowest BCUT2D eigenvalue weighted by molar-refractivity contribution is -0.386. The van der Waals surface area contributed by atoms with E-state index < -0.39 is 10.5 Å². The Labute approximate surface area is 128 Å². The third kappa shape index (κ3) is 3.27. The van der Waals surface area contributed by atoms with E-state index in [2.05, 4.69) is 10.4 Å². The molecule has 122 valence electrons. The van der Waals surface area contributed by atoms with Crippen molar-refractivity contribution in [1.29, 1.82) is 0 Å². The lowest BCUT2D eigenvalue weighted by Gasteiger charge is -2.28. The van der Waals surface area contributed by atoms with Crippen LogP contribution in [-0.4, -0.2) is 37.9 Å². The second-order valence-electron chi connectivity index (χ2n) is 5.94. The molecule has 1 aliphatic rings. The molecule has 0 bridgehead atoms. The summed E-state index contributed by atoms with van der Waals surface area (Å²) in [5.41, 5.74) is 0.319. The molecular formula is C14H22N4O4. The van der Waals surface area contributed by atoms with Gasteiger partial charge in [0.05, 0.1) is 23.6 Å². The molecular weight excluding hydrogens is 288 g/mol. The van der Waals surface area contributed by atoms with Gasteiger partial charge in [0.25, 0.3) is 0 Å². The number of rotatable bonds is 6. The highest BCUT2D eigenvalue weighted by molar-refractivity contribution is 5.76. The van der Waals surface area contributed by atoms with E-state index in [0.717, 1.165) is 25.7 Å². The predicted octanol–water partition coefficient (Wildman–Crippen LogP) is 1.22. The molecule has 0 radical (unpaired) electrons. The van der Waals surface area contributed by atoms with E-state index in [0.29, 0.717) is 11.4 Å². The summed E-state index contributed by atoms with van der Waals surface area (Å²) in [4.78, 5) is 22.6. The van der Waals surface area contributed by atoms with E-state index >= 15 is 0 Å². The molecule has 0 spiro atoms. The van der Waals surface area contributed by atoms with E-state index in [9.17, 15) is 20.0 Å². The minimum atomic E-state index is -0.488. The third-order valence-corrected chi connectivity index (χ3v) is 4.34. The Morgan fingerprint density at radius 3 is 2.59 bits per heavy atom. The van der Waals surface area contributed by atoms with Crippen molar-refractivity contribution in [2.24, 2.45) is 0 Å². The highest BCUT2D eigenvalue weighted by Crippen LogP contribution is 2.29. The first-order valence-corrected chi connectivity index (χ1v) is 7.49. The molecule has 1 amide bonds. The number of aliphatic hydroxyl groups is 1. The summed E-state index contributed by atoms with van der Waals surface area (Å²) in [5.74, 6) is -0.161. The molecule has 0 aliphatic heterocycles. The molecule has 8 heteroatoms. The van der Waals surface area contributed by atoms with Crippen LogP contribution < -0.4 is 5.32 Å². The largest absolute Gasteiger partial charge is 0.394 e. The first-order valence-electron chi connectivity index (χ1n) is 7.49. The topological polar surface area (TPSA) is 110 Å². The number of carbonyl (C=O) groups is 1. The number of aromatic nitrogens is 2. The van der Waals surface area contributed by atoms with Crippen molar-refractivity contribution in [2.75, 3.05) is 6.61 Å². The Balaban J connectivity index is 1.97. The van der Waals surface area contributed by atoms with E-state index in [1.165, 1.54) is 4.68 Å². The van der Waals surface area contributed by atoms with Crippen molar-refractivity contribution in [3.8, 4) is 0 Å². The zero-order valence-corrected chi connectivity index (χ0v) is 13.0. The summed E-state index contributed by atoms with van der Waals surface area (Å²) in [6.45, 7) is 3.45. The first-order chi connectivity index (χ1) is 10.4. The van der Waals surface area contributed by atoms with Gasteiger partial charge >= 0.3 is 5.69 Å². The van der Waals surface area contributed by atoms with Crippen LogP contribution in [0.2, 0.25) is 0 Å². The van der Waals surface area contributed by atoms with Crippen LogP contribution in [0.3, 0.4) is 0 Å². The van der Waals surface area contributed by atoms with Gasteiger partial charge in [0.15, 0.2) is 0 Å². The molecule has 0 atom stereocenters. The number of aliphatic hydroxyl groups excluding tert-OH is 1. The second-order valence-corrected chi connectivity index (χ2v) is 5.94. The average molecular weight is 310 g/mol. The minimum absolute atomic E-state index is 0.00281. The summed E-state index contributed by atoms with van der Waals surface area (Å²) in [6.07, 6.45) is 3.77. The quantitative estimate of drug-likeness (QED) is 0.606. The molecule has 1 aromatic rings. The van der Waals surface area contributed by atoms with Crippen LogP contribution in [0.25, 0.3) is 0 Å². The van der Waals surface area contributed by atoms with Crippen LogP contribution in [-0.2, 0) is 11.3 Å².